The summed E-state index contributed by atoms with van der Waals surface area (Å²) in [6, 6.07) is 8.12. The Balaban J connectivity index is 2.12. The molecule has 338 valence electrons. The largest absolute Gasteiger partial charge is 0.493 e. The quantitative estimate of drug-likeness (QED) is 0.0416. The van der Waals surface area contributed by atoms with Crippen LogP contribution >= 0.6 is 0 Å². The first kappa shape index (κ1) is 52.1. The predicted molar refractivity (Wildman–Crippen MR) is 258 cm³/mol. The van der Waals surface area contributed by atoms with E-state index in [9.17, 15) is 24.7 Å². The number of ketones is 4. The first-order valence-electron chi connectivity index (χ1n) is 24.9. The standard InChI is InChI=1S/C56H80N2O4/c1-8-15-18-19-20-21-22-23-24-25-26-27-28-29-30-42-41-55(47-33-43(37-49(59)11-4)53(31-16-9-2)44(34-47)38-50(60)12-5)58(57)56(42)48-35-45(39-51(61)13-6)54(32-17-10-3)46(36-48)40-52(62)14-7/h33-36,41H,8-28,31-32,37-40H2,1-7H3. The van der Waals surface area contributed by atoms with E-state index in [0.717, 1.165) is 96.7 Å². The van der Waals surface area contributed by atoms with Gasteiger partial charge in [0.1, 0.15) is 28.7 Å². The second kappa shape index (κ2) is 29.2. The third-order valence-electron chi connectivity index (χ3n) is 12.5. The molecule has 0 bridgehead atoms. The van der Waals surface area contributed by atoms with E-state index in [4.69, 9.17) is 0 Å². The third kappa shape index (κ3) is 16.8. The lowest BCUT2D eigenvalue weighted by molar-refractivity contribution is -0.344. The lowest BCUT2D eigenvalue weighted by atomic mass is 9.87. The SMILES string of the molecule is CCCCCCCCCCCCCCC#CC1=C(c2cc(CC(=O)CC)c(CCCC)c(CC(=O)CC)c2)[N+](=[N-])C(c2cc(CC(=O)CC)c(CCCC)c(CC(=O)CC)c2)=C1. The van der Waals surface area contributed by atoms with Gasteiger partial charge >= 0.3 is 0 Å². The molecule has 1 aliphatic rings. The molecular weight excluding hydrogens is 765 g/mol. The maximum atomic E-state index is 13.1. The molecule has 0 radical (unpaired) electrons. The van der Waals surface area contributed by atoms with Crippen molar-refractivity contribution >= 4 is 34.5 Å². The molecule has 0 aromatic heterocycles. The van der Waals surface area contributed by atoms with Gasteiger partial charge in [-0.25, -0.2) is 4.70 Å². The van der Waals surface area contributed by atoms with E-state index in [1.54, 1.807) is 0 Å². The van der Waals surface area contributed by atoms with Crippen LogP contribution in [0.25, 0.3) is 16.9 Å². The van der Waals surface area contributed by atoms with Crippen LogP contribution in [0, 0.1) is 11.8 Å². The Bertz CT molecular complexity index is 1870. The van der Waals surface area contributed by atoms with Gasteiger partial charge in [0.15, 0.2) is 0 Å². The van der Waals surface area contributed by atoms with E-state index in [1.165, 1.54) is 68.9 Å². The highest BCUT2D eigenvalue weighted by Gasteiger charge is 2.31. The van der Waals surface area contributed by atoms with E-state index in [1.807, 2.05) is 58.0 Å². The maximum Gasteiger partial charge on any atom is 0.223 e. The topological polar surface area (TPSA) is 93.6 Å². The summed E-state index contributed by atoms with van der Waals surface area (Å²) in [6.07, 6.45) is 26.1. The smallest absolute Gasteiger partial charge is 0.223 e. The van der Waals surface area contributed by atoms with Crippen LogP contribution in [0.2, 0.25) is 0 Å². The van der Waals surface area contributed by atoms with Gasteiger partial charge < -0.3 is 5.53 Å². The van der Waals surface area contributed by atoms with Crippen molar-refractivity contribution in [3.05, 3.63) is 86.0 Å². The molecule has 0 saturated heterocycles. The summed E-state index contributed by atoms with van der Waals surface area (Å²) in [5.74, 6) is 7.40. The highest BCUT2D eigenvalue weighted by molar-refractivity contribution is 5.87. The van der Waals surface area contributed by atoms with Gasteiger partial charge in [-0.05, 0) is 89.8 Å². The Hall–Kier alpha value is -4.24. The van der Waals surface area contributed by atoms with E-state index >= 15 is 0 Å². The fourth-order valence-corrected chi connectivity index (χ4v) is 8.50. The van der Waals surface area contributed by atoms with E-state index in [2.05, 4.69) is 32.6 Å². The molecule has 6 nitrogen and oxygen atoms in total. The van der Waals surface area contributed by atoms with Crippen molar-refractivity contribution in [3.8, 4) is 11.8 Å². The highest BCUT2D eigenvalue weighted by Crippen LogP contribution is 2.39. The second-order valence-electron chi connectivity index (χ2n) is 17.6. The average molecular weight is 845 g/mol. The molecule has 0 spiro atoms. The first-order valence-corrected chi connectivity index (χ1v) is 24.9. The number of Topliss-reactive ketones (excluding diaryl/α,β-unsaturated/α-hetero) is 4. The monoisotopic (exact) mass is 845 g/mol. The van der Waals surface area contributed by atoms with Crippen molar-refractivity contribution in [1.82, 2.24) is 0 Å². The summed E-state index contributed by atoms with van der Waals surface area (Å²) >= 11 is 0. The third-order valence-corrected chi connectivity index (χ3v) is 12.5. The number of unbranched alkanes of at least 4 members (excludes halogenated alkanes) is 14. The fraction of sp³-hybridized carbons (Fsp3) is 0.607. The summed E-state index contributed by atoms with van der Waals surface area (Å²) in [4.78, 5) is 52.2. The molecule has 3 rings (SSSR count). The number of nitrogens with zero attached hydrogens (tertiary/aromatic N) is 2. The van der Waals surface area contributed by atoms with Gasteiger partial charge in [0, 0.05) is 75.0 Å². The van der Waals surface area contributed by atoms with Crippen molar-refractivity contribution in [2.45, 2.75) is 222 Å². The summed E-state index contributed by atoms with van der Waals surface area (Å²) < 4.78 is 1.21. The van der Waals surface area contributed by atoms with Gasteiger partial charge in [0.2, 0.25) is 11.4 Å². The molecule has 6 heteroatoms. The number of carbonyl (C=O) groups is 4. The molecule has 0 atom stereocenters. The van der Waals surface area contributed by atoms with Gasteiger partial charge in [0.05, 0.1) is 0 Å². The number of hydrogen-bond donors (Lipinski definition) is 0. The second-order valence-corrected chi connectivity index (χ2v) is 17.6. The van der Waals surface area contributed by atoms with E-state index in [-0.39, 0.29) is 48.8 Å². The zero-order chi connectivity index (χ0) is 45.3. The predicted octanol–water partition coefficient (Wildman–Crippen LogP) is 14.4. The van der Waals surface area contributed by atoms with Gasteiger partial charge in [-0.1, -0.05) is 144 Å². The molecule has 2 aromatic carbocycles. The summed E-state index contributed by atoms with van der Waals surface area (Å²) in [5.41, 5.74) is 21.3. The molecule has 2 aromatic rings. The Kier molecular flexibility index (Phi) is 24.5. The Labute approximate surface area is 376 Å². The lowest BCUT2D eigenvalue weighted by Crippen LogP contribution is -2.13. The normalized spacial score (nSPS) is 12.4. The minimum Gasteiger partial charge on any atom is -0.493 e. The molecule has 1 heterocycles. The Morgan fingerprint density at radius 3 is 1.21 bits per heavy atom. The fourth-order valence-electron chi connectivity index (χ4n) is 8.50. The zero-order valence-electron chi connectivity index (χ0n) is 40.0. The molecule has 0 unspecified atom stereocenters. The minimum absolute atomic E-state index is 0.127. The Morgan fingerprint density at radius 1 is 0.484 bits per heavy atom. The van der Waals surface area contributed by atoms with Crippen LogP contribution in [-0.4, -0.2) is 27.8 Å². The van der Waals surface area contributed by atoms with Crippen LogP contribution in [-0.2, 0) is 57.7 Å². The van der Waals surface area contributed by atoms with E-state index < -0.39 is 0 Å². The molecule has 0 aliphatic carbocycles. The van der Waals surface area contributed by atoms with Crippen LogP contribution < -0.4 is 0 Å². The number of benzene rings is 2. The van der Waals surface area contributed by atoms with Crippen LogP contribution in [0.1, 0.15) is 228 Å². The molecule has 0 amide bonds. The lowest BCUT2D eigenvalue weighted by Gasteiger charge is -2.19. The summed E-state index contributed by atoms with van der Waals surface area (Å²) in [6.45, 7) is 14.1. The molecule has 0 N–H and O–H groups in total. The first-order chi connectivity index (χ1) is 30.0. The van der Waals surface area contributed by atoms with Crippen molar-refractivity contribution in [1.29, 1.82) is 0 Å². The highest BCUT2D eigenvalue weighted by atomic mass is 16.1. The van der Waals surface area contributed by atoms with Crippen molar-refractivity contribution in [2.24, 2.45) is 0 Å². The molecule has 62 heavy (non-hydrogen) atoms. The average Bonchev–Trinajstić information content (AvgIpc) is 3.60. The van der Waals surface area contributed by atoms with Crippen LogP contribution in [0.3, 0.4) is 0 Å². The van der Waals surface area contributed by atoms with Crippen LogP contribution in [0.4, 0.5) is 0 Å². The maximum absolute atomic E-state index is 13.1. The minimum atomic E-state index is 0.127. The molecule has 0 saturated carbocycles. The van der Waals surface area contributed by atoms with Crippen molar-refractivity contribution in [3.63, 3.8) is 0 Å². The van der Waals surface area contributed by atoms with Crippen molar-refractivity contribution in [2.75, 3.05) is 0 Å². The molecule has 1 aliphatic heterocycles. The van der Waals surface area contributed by atoms with E-state index in [0.29, 0.717) is 48.2 Å². The summed E-state index contributed by atoms with van der Waals surface area (Å²) in [5, 5.41) is 0. The number of allylic oxidation sites excluding steroid dienone is 2. The van der Waals surface area contributed by atoms with Crippen LogP contribution in [0.15, 0.2) is 35.9 Å². The Morgan fingerprint density at radius 2 is 0.839 bits per heavy atom. The zero-order valence-corrected chi connectivity index (χ0v) is 40.0. The van der Waals surface area contributed by atoms with Gasteiger partial charge in [0.25, 0.3) is 0 Å². The molecular formula is C56H80N2O4. The summed E-state index contributed by atoms with van der Waals surface area (Å²) in [7, 11) is 0. The van der Waals surface area contributed by atoms with Gasteiger partial charge in [-0.2, -0.15) is 0 Å². The van der Waals surface area contributed by atoms with Crippen molar-refractivity contribution < 1.29 is 23.9 Å². The number of rotatable bonds is 32. The molecule has 0 fully saturated rings. The number of carbonyl (C=O) groups excluding carboxylic acids is 4. The van der Waals surface area contributed by atoms with Gasteiger partial charge in [-0.3, -0.25) is 19.2 Å². The number of hydrogen-bond acceptors (Lipinski definition) is 4. The van der Waals surface area contributed by atoms with Gasteiger partial charge in [-0.15, -0.1) is 0 Å². The van der Waals surface area contributed by atoms with Crippen LogP contribution in [0.5, 0.6) is 0 Å².